The predicted octanol–water partition coefficient (Wildman–Crippen LogP) is 1.08. The first-order valence-electron chi connectivity index (χ1n) is 7.62. The number of carbonyl (C=O) groups is 1. The van der Waals surface area contributed by atoms with Crippen molar-refractivity contribution in [3.8, 4) is 0 Å². The molecule has 0 radical (unpaired) electrons. The second kappa shape index (κ2) is 7.32. The van der Waals surface area contributed by atoms with Gasteiger partial charge in [0.2, 0.25) is 0 Å². The highest BCUT2D eigenvalue weighted by Gasteiger charge is 2.14. The highest BCUT2D eigenvalue weighted by Crippen LogP contribution is 2.19. The van der Waals surface area contributed by atoms with Crippen LogP contribution in [-0.2, 0) is 0 Å². The van der Waals surface area contributed by atoms with E-state index in [2.05, 4.69) is 35.1 Å². The highest BCUT2D eigenvalue weighted by molar-refractivity contribution is 7.07. The first-order chi connectivity index (χ1) is 11.2. The Labute approximate surface area is 138 Å². The largest absolute Gasteiger partial charge is 0.368 e. The number of amides is 1. The number of aryl methyl sites for hydroxylation is 1. The minimum Gasteiger partial charge on any atom is -0.368 e. The zero-order chi connectivity index (χ0) is 16.1. The maximum absolute atomic E-state index is 11.9. The van der Waals surface area contributed by atoms with Crippen molar-refractivity contribution in [3.63, 3.8) is 0 Å². The van der Waals surface area contributed by atoms with Gasteiger partial charge in [0.1, 0.15) is 22.8 Å². The average Bonchev–Trinajstić information content (AvgIpc) is 3.23. The molecule has 1 aliphatic heterocycles. The molecule has 0 aliphatic carbocycles. The summed E-state index contributed by atoms with van der Waals surface area (Å²) in [4.78, 5) is 23.3. The summed E-state index contributed by atoms with van der Waals surface area (Å²) in [7, 11) is 0. The Bertz CT molecular complexity index is 669. The van der Waals surface area contributed by atoms with Crippen LogP contribution in [0.5, 0.6) is 0 Å². The Hall–Kier alpha value is -2.29. The number of anilines is 2. The van der Waals surface area contributed by atoms with Crippen LogP contribution in [-0.4, -0.2) is 51.6 Å². The molecule has 1 fully saturated rings. The smallest absolute Gasteiger partial charge is 0.265 e. The molecule has 2 aromatic heterocycles. The van der Waals surface area contributed by atoms with Crippen LogP contribution in [0, 0.1) is 6.92 Å². The molecule has 2 N–H and O–H groups in total. The van der Waals surface area contributed by atoms with Crippen molar-refractivity contribution in [2.75, 3.05) is 36.4 Å². The zero-order valence-corrected chi connectivity index (χ0v) is 13.8. The van der Waals surface area contributed by atoms with E-state index in [1.807, 2.05) is 6.07 Å². The van der Waals surface area contributed by atoms with E-state index >= 15 is 0 Å². The van der Waals surface area contributed by atoms with E-state index in [4.69, 9.17) is 0 Å². The Balaban J connectivity index is 1.46. The molecule has 1 aliphatic rings. The average molecular weight is 333 g/mol. The van der Waals surface area contributed by atoms with Gasteiger partial charge in [-0.2, -0.15) is 0 Å². The quantitative estimate of drug-likeness (QED) is 0.764. The molecule has 0 saturated carbocycles. The predicted molar refractivity (Wildman–Crippen MR) is 88.9 cm³/mol. The molecule has 0 spiro atoms. The van der Waals surface area contributed by atoms with E-state index in [0.717, 1.165) is 36.3 Å². The summed E-state index contributed by atoms with van der Waals surface area (Å²) in [5, 5.41) is 9.88. The van der Waals surface area contributed by atoms with Crippen molar-refractivity contribution in [1.82, 2.24) is 24.9 Å². The summed E-state index contributed by atoms with van der Waals surface area (Å²) in [5.74, 6) is 1.59. The minimum atomic E-state index is -0.139. The first-order valence-corrected chi connectivity index (χ1v) is 8.39. The van der Waals surface area contributed by atoms with Crippen LogP contribution in [0.2, 0.25) is 0 Å². The number of rotatable bonds is 6. The number of hydrogen-bond donors (Lipinski definition) is 2. The van der Waals surface area contributed by atoms with Crippen LogP contribution in [0.25, 0.3) is 0 Å². The third kappa shape index (κ3) is 3.92. The Morgan fingerprint density at radius 2 is 2.13 bits per heavy atom. The first kappa shape index (κ1) is 15.6. The lowest BCUT2D eigenvalue weighted by atomic mass is 10.4. The lowest BCUT2D eigenvalue weighted by molar-refractivity contribution is 0.0958. The van der Waals surface area contributed by atoms with Crippen molar-refractivity contribution < 1.29 is 4.79 Å². The number of nitrogens with zero attached hydrogens (tertiary/aromatic N) is 5. The van der Waals surface area contributed by atoms with E-state index in [-0.39, 0.29) is 5.91 Å². The van der Waals surface area contributed by atoms with Crippen molar-refractivity contribution >= 4 is 29.1 Å². The molecule has 0 bridgehead atoms. The molecule has 3 heterocycles. The molecule has 23 heavy (non-hydrogen) atoms. The molecular formula is C14H19N7OS. The van der Waals surface area contributed by atoms with Gasteiger partial charge in [0.15, 0.2) is 0 Å². The van der Waals surface area contributed by atoms with Gasteiger partial charge in [0, 0.05) is 32.2 Å². The summed E-state index contributed by atoms with van der Waals surface area (Å²) in [6.07, 6.45) is 4.00. The van der Waals surface area contributed by atoms with E-state index in [9.17, 15) is 4.79 Å². The summed E-state index contributed by atoms with van der Waals surface area (Å²) in [6, 6.07) is 1.95. The maximum atomic E-state index is 11.9. The lowest BCUT2D eigenvalue weighted by Crippen LogP contribution is -2.28. The molecule has 8 nitrogen and oxygen atoms in total. The lowest BCUT2D eigenvalue weighted by Gasteiger charge is -2.16. The van der Waals surface area contributed by atoms with Crippen molar-refractivity contribution in [1.29, 1.82) is 0 Å². The van der Waals surface area contributed by atoms with Crippen LogP contribution in [0.3, 0.4) is 0 Å². The Morgan fingerprint density at radius 3 is 2.87 bits per heavy atom. The molecule has 3 rings (SSSR count). The van der Waals surface area contributed by atoms with Crippen LogP contribution in [0.1, 0.15) is 28.2 Å². The molecule has 0 aromatic carbocycles. The van der Waals surface area contributed by atoms with Crippen molar-refractivity contribution in [2.45, 2.75) is 19.8 Å². The van der Waals surface area contributed by atoms with E-state index in [1.54, 1.807) is 13.3 Å². The van der Waals surface area contributed by atoms with E-state index in [0.29, 0.717) is 23.7 Å². The van der Waals surface area contributed by atoms with Crippen LogP contribution in [0.4, 0.5) is 11.6 Å². The fourth-order valence-electron chi connectivity index (χ4n) is 2.45. The van der Waals surface area contributed by atoms with Gasteiger partial charge < -0.3 is 15.5 Å². The number of carbonyl (C=O) groups excluding carboxylic acids is 1. The molecule has 2 aromatic rings. The summed E-state index contributed by atoms with van der Waals surface area (Å²) < 4.78 is 3.76. The SMILES string of the molecule is Cc1nnsc1C(=O)NCCNc1cc(N2CCCC2)ncn1. The summed E-state index contributed by atoms with van der Waals surface area (Å²) in [6.45, 7) is 4.97. The number of aromatic nitrogens is 4. The van der Waals surface area contributed by atoms with Crippen LogP contribution < -0.4 is 15.5 Å². The molecule has 9 heteroatoms. The number of hydrogen-bond acceptors (Lipinski definition) is 8. The summed E-state index contributed by atoms with van der Waals surface area (Å²) >= 11 is 1.11. The third-order valence-electron chi connectivity index (χ3n) is 3.66. The third-order valence-corrected chi connectivity index (χ3v) is 4.48. The molecule has 0 unspecified atom stereocenters. The van der Waals surface area contributed by atoms with E-state index < -0.39 is 0 Å². The van der Waals surface area contributed by atoms with Gasteiger partial charge >= 0.3 is 0 Å². The fraction of sp³-hybridized carbons (Fsp3) is 0.500. The summed E-state index contributed by atoms with van der Waals surface area (Å²) in [5.41, 5.74) is 0.659. The monoisotopic (exact) mass is 333 g/mol. The van der Waals surface area contributed by atoms with Gasteiger partial charge in [-0.3, -0.25) is 4.79 Å². The van der Waals surface area contributed by atoms with Gasteiger partial charge in [0.25, 0.3) is 5.91 Å². The minimum absolute atomic E-state index is 0.139. The molecule has 122 valence electrons. The second-order valence-corrected chi connectivity index (χ2v) is 6.08. The van der Waals surface area contributed by atoms with Crippen LogP contribution >= 0.6 is 11.5 Å². The van der Waals surface area contributed by atoms with Gasteiger partial charge in [-0.1, -0.05) is 4.49 Å². The molecule has 0 atom stereocenters. The maximum Gasteiger partial charge on any atom is 0.265 e. The normalized spacial score (nSPS) is 14.0. The van der Waals surface area contributed by atoms with Crippen molar-refractivity contribution in [3.05, 3.63) is 23.0 Å². The van der Waals surface area contributed by atoms with Gasteiger partial charge in [-0.15, -0.1) is 5.10 Å². The molecule has 1 saturated heterocycles. The Kier molecular flexibility index (Phi) is 4.96. The number of nitrogens with one attached hydrogen (secondary N) is 2. The molecule has 1 amide bonds. The molecular weight excluding hydrogens is 314 g/mol. The standard InChI is InChI=1S/C14H19N7OS/c1-10-13(23-20-19-10)14(22)16-5-4-15-11-8-12(18-9-17-11)21-6-2-3-7-21/h8-9H,2-7H2,1H3,(H,16,22)(H,15,17,18). The van der Waals surface area contributed by atoms with Crippen molar-refractivity contribution in [2.24, 2.45) is 0 Å². The van der Waals surface area contributed by atoms with Crippen LogP contribution in [0.15, 0.2) is 12.4 Å². The Morgan fingerprint density at radius 1 is 1.30 bits per heavy atom. The second-order valence-electron chi connectivity index (χ2n) is 5.33. The van der Waals surface area contributed by atoms with Gasteiger partial charge in [0.05, 0.1) is 5.69 Å². The fourth-order valence-corrected chi connectivity index (χ4v) is 3.02. The van der Waals surface area contributed by atoms with Gasteiger partial charge in [-0.25, -0.2) is 9.97 Å². The zero-order valence-electron chi connectivity index (χ0n) is 12.9. The topological polar surface area (TPSA) is 95.9 Å². The van der Waals surface area contributed by atoms with E-state index in [1.165, 1.54) is 12.8 Å². The highest BCUT2D eigenvalue weighted by atomic mass is 32.1. The van der Waals surface area contributed by atoms with Gasteiger partial charge in [-0.05, 0) is 31.3 Å².